The molecule has 0 bridgehead atoms. The monoisotopic (exact) mass is 464 g/mol. The topological polar surface area (TPSA) is 17.3 Å². The summed E-state index contributed by atoms with van der Waals surface area (Å²) in [6, 6.07) is 0.764. The summed E-state index contributed by atoms with van der Waals surface area (Å²) in [6.45, 7) is 19.4. The number of hydrogen-bond donors (Lipinski definition) is 0. The predicted molar refractivity (Wildman–Crippen MR) is 122 cm³/mol. The van der Waals surface area contributed by atoms with E-state index in [1.54, 1.807) is 6.92 Å². The van der Waals surface area contributed by atoms with Crippen LogP contribution in [0.1, 0.15) is 47.0 Å². The van der Waals surface area contributed by atoms with Gasteiger partial charge in [0.05, 0.1) is 0 Å². The molecule has 2 fully saturated rings. The number of hydrogen-bond acceptors (Lipinski definition) is 1. The molecule has 4 atom stereocenters. The van der Waals surface area contributed by atoms with E-state index in [9.17, 15) is 0 Å². The maximum absolute atomic E-state index is 5.34. The van der Waals surface area contributed by atoms with Crippen molar-refractivity contribution in [3.05, 3.63) is 36.2 Å². The van der Waals surface area contributed by atoms with Crippen molar-refractivity contribution in [3.63, 3.8) is 0 Å². The number of fused-ring (bicyclic) bond motifs is 1. The van der Waals surface area contributed by atoms with E-state index in [4.69, 9.17) is 23.6 Å². The first kappa shape index (κ1) is 25.9. The summed E-state index contributed by atoms with van der Waals surface area (Å²) in [7, 11) is 8.18. The number of nitrogens with zero attached hydrogens (tertiary/aromatic N) is 2. The van der Waals surface area contributed by atoms with Gasteiger partial charge in [-0.25, -0.2) is 0 Å². The molecule has 0 aromatic carbocycles. The fourth-order valence-electron chi connectivity index (χ4n) is 5.18. The van der Waals surface area contributed by atoms with Crippen LogP contribution in [0.25, 0.3) is 4.98 Å². The summed E-state index contributed by atoms with van der Waals surface area (Å²) >= 11 is -0.556. The zero-order valence-corrected chi connectivity index (χ0v) is 22.1. The second kappa shape index (κ2) is 11.9. The third-order valence-electron chi connectivity index (χ3n) is 5.77. The van der Waals surface area contributed by atoms with Gasteiger partial charge in [-0.2, -0.15) is 6.92 Å². The Kier molecular flexibility index (Phi) is 11.5. The molecule has 3 rings (SSSR count). The average molecular weight is 465 g/mol. The summed E-state index contributed by atoms with van der Waals surface area (Å²) in [5.41, 5.74) is 0.897. The fourth-order valence-corrected chi connectivity index (χ4v) is 9.16. The molecule has 1 saturated heterocycles. The minimum absolute atomic E-state index is 0.102. The number of halogens is 2. The van der Waals surface area contributed by atoms with Crippen molar-refractivity contribution in [2.75, 3.05) is 13.1 Å². The van der Waals surface area contributed by atoms with Gasteiger partial charge < -0.3 is 11.9 Å². The first-order chi connectivity index (χ1) is 12.7. The first-order valence-electron chi connectivity index (χ1n) is 10.2. The molecule has 1 aliphatic heterocycles. The van der Waals surface area contributed by atoms with Crippen molar-refractivity contribution in [1.82, 2.24) is 4.90 Å². The van der Waals surface area contributed by atoms with E-state index < -0.39 is 25.3 Å². The number of likely N-dealkylation sites (tertiary alicyclic amines) is 1. The van der Waals surface area contributed by atoms with Gasteiger partial charge in [0.1, 0.15) is 0 Å². The van der Waals surface area contributed by atoms with Crippen LogP contribution in [0, 0.1) is 18.8 Å². The van der Waals surface area contributed by atoms with E-state index in [1.165, 1.54) is 32.4 Å². The summed E-state index contributed by atoms with van der Waals surface area (Å²) in [4.78, 5) is 8.12. The standard InChI is InChI=1S/C19H33N2Si.C2H5.2ClH.Ti/c1-19(2,3)20-22(4,5)18-14-17(21-12-8-9-13-21)15-10-6-7-11-16(15)18;1-2;;;/h6-7,10-11,15-18H,8-9,12-14H2,1-5H3;1H2,2H3;2*1H;/q2*-1;;;+2/p-2. The van der Waals surface area contributed by atoms with Gasteiger partial charge in [-0.15, -0.1) is 5.54 Å². The molecule has 156 valence electrons. The predicted octanol–water partition coefficient (Wildman–Crippen LogP) is 7.18. The van der Waals surface area contributed by atoms with Crippen molar-refractivity contribution in [2.45, 2.75) is 77.2 Å². The van der Waals surface area contributed by atoms with Crippen LogP contribution in [0.5, 0.6) is 0 Å². The molecule has 1 heterocycles. The summed E-state index contributed by atoms with van der Waals surface area (Å²) < 4.78 is 0. The third-order valence-corrected chi connectivity index (χ3v) is 9.45. The second-order valence-electron chi connectivity index (χ2n) is 9.08. The van der Waals surface area contributed by atoms with Crippen LogP contribution >= 0.6 is 18.6 Å². The minimum atomic E-state index is -1.59. The molecule has 0 aromatic rings. The van der Waals surface area contributed by atoms with Crippen molar-refractivity contribution < 1.29 is 17.0 Å². The molecule has 0 N–H and O–H groups in total. The van der Waals surface area contributed by atoms with E-state index in [-0.39, 0.29) is 5.54 Å². The van der Waals surface area contributed by atoms with Crippen LogP contribution in [0.3, 0.4) is 0 Å². The SMILES string of the molecule is CC(C)(C)[N-][Si](C)(C)C1CC(N2CCCC2)C2C=CC=CC21.[CH2-]C.[Cl][Ti][Cl]. The molecule has 0 amide bonds. The molecular formula is C21H38Cl2N2SiTi-2. The van der Waals surface area contributed by atoms with Gasteiger partial charge in [0.15, 0.2) is 0 Å². The van der Waals surface area contributed by atoms with Crippen molar-refractivity contribution in [2.24, 2.45) is 11.8 Å². The third kappa shape index (κ3) is 7.59. The van der Waals surface area contributed by atoms with Crippen molar-refractivity contribution >= 4 is 26.8 Å². The van der Waals surface area contributed by atoms with E-state index in [0.717, 1.165) is 23.4 Å². The van der Waals surface area contributed by atoms with Crippen LogP contribution in [-0.2, 0) is 17.0 Å². The van der Waals surface area contributed by atoms with Gasteiger partial charge in [-0.05, 0) is 44.2 Å². The molecule has 0 spiro atoms. The summed E-state index contributed by atoms with van der Waals surface area (Å²) in [5, 5.41) is 0. The Hall–Kier alpha value is 0.911. The molecule has 4 unspecified atom stereocenters. The van der Waals surface area contributed by atoms with Gasteiger partial charge in [0.25, 0.3) is 0 Å². The van der Waals surface area contributed by atoms with Crippen molar-refractivity contribution in [1.29, 1.82) is 0 Å². The molecule has 2 nitrogen and oxygen atoms in total. The molecular weight excluding hydrogens is 427 g/mol. The first-order valence-corrected chi connectivity index (χ1v) is 17.5. The van der Waals surface area contributed by atoms with Crippen LogP contribution in [0.15, 0.2) is 24.3 Å². The number of allylic oxidation sites excluding steroid dienone is 3. The van der Waals surface area contributed by atoms with Gasteiger partial charge >= 0.3 is 35.6 Å². The van der Waals surface area contributed by atoms with Gasteiger partial charge in [0, 0.05) is 6.04 Å². The van der Waals surface area contributed by atoms with Crippen LogP contribution in [-0.4, -0.2) is 37.8 Å². The Bertz CT molecular complexity index is 485. The summed E-state index contributed by atoms with van der Waals surface area (Å²) in [6.07, 6.45) is 13.7. The maximum atomic E-state index is 5.34. The van der Waals surface area contributed by atoms with Gasteiger partial charge in [-0.3, -0.25) is 4.90 Å². The van der Waals surface area contributed by atoms with Crippen LogP contribution in [0.4, 0.5) is 0 Å². The Balaban J connectivity index is 0.000000665. The molecule has 0 aromatic heterocycles. The van der Waals surface area contributed by atoms with Gasteiger partial charge in [-0.1, -0.05) is 71.9 Å². The average Bonchev–Trinajstić information content (AvgIpc) is 3.23. The van der Waals surface area contributed by atoms with E-state index in [0.29, 0.717) is 0 Å². The number of rotatable bonds is 3. The van der Waals surface area contributed by atoms with Crippen molar-refractivity contribution in [3.8, 4) is 0 Å². The van der Waals surface area contributed by atoms with Crippen LogP contribution in [0.2, 0.25) is 18.6 Å². The second-order valence-corrected chi connectivity index (χ2v) is 15.9. The Morgan fingerprint density at radius 3 is 2.00 bits per heavy atom. The summed E-state index contributed by atoms with van der Waals surface area (Å²) in [5.74, 6) is 1.46. The molecule has 1 saturated carbocycles. The molecule has 2 aliphatic carbocycles. The fraction of sp³-hybridized carbons (Fsp3) is 0.762. The zero-order chi connectivity index (χ0) is 20.7. The molecule has 27 heavy (non-hydrogen) atoms. The Morgan fingerprint density at radius 2 is 1.52 bits per heavy atom. The Morgan fingerprint density at radius 1 is 1.04 bits per heavy atom. The van der Waals surface area contributed by atoms with E-state index >= 15 is 0 Å². The van der Waals surface area contributed by atoms with Gasteiger partial charge in [0.2, 0.25) is 0 Å². The van der Waals surface area contributed by atoms with Crippen LogP contribution < -0.4 is 0 Å². The normalized spacial score (nSPS) is 30.1. The quantitative estimate of drug-likeness (QED) is 0.319. The van der Waals surface area contributed by atoms with E-state index in [2.05, 4.69) is 70.0 Å². The Labute approximate surface area is 186 Å². The molecule has 3 aliphatic rings. The van der Waals surface area contributed by atoms with E-state index in [1.807, 2.05) is 0 Å². The molecule has 6 heteroatoms. The molecule has 0 radical (unpaired) electrons. The zero-order valence-electron chi connectivity index (χ0n) is 18.0.